The number of hydrazine groups is 1. The minimum absolute atomic E-state index is 0. The van der Waals surface area contributed by atoms with Crippen LogP contribution in [0.2, 0.25) is 0 Å². The molecular formula is C24H31Cl2F3N2O. The number of nitrogens with zero attached hydrogens (tertiary/aromatic N) is 1. The van der Waals surface area contributed by atoms with Gasteiger partial charge in [-0.25, -0.2) is 5.01 Å². The summed E-state index contributed by atoms with van der Waals surface area (Å²) in [5, 5.41) is 1.88. The third-order valence-corrected chi connectivity index (χ3v) is 6.67. The lowest BCUT2D eigenvalue weighted by Gasteiger charge is -2.39. The van der Waals surface area contributed by atoms with E-state index < -0.39 is 12.1 Å². The predicted octanol–water partition coefficient (Wildman–Crippen LogP) is 6.39. The fourth-order valence-electron chi connectivity index (χ4n) is 5.28. The quantitative estimate of drug-likeness (QED) is 0.504. The minimum Gasteiger partial charge on any atom is -0.496 e. The van der Waals surface area contributed by atoms with E-state index in [4.69, 9.17) is 10.6 Å². The van der Waals surface area contributed by atoms with E-state index in [2.05, 4.69) is 12.1 Å². The summed E-state index contributed by atoms with van der Waals surface area (Å²) in [5.74, 6) is 5.89. The standard InChI is InChI=1S/C24H29F3N2O.2ClH/c1-30-22-15-17-9-5-11-21(24(25,26)27)20(17)14-19(22)13-18-10-6-12-29(28)23(18)16-7-3-2-4-8-16;;/h2-4,7-8,14-15,18,21,23H,5-6,9-13,28H2,1H3;2*1H/t18-,21?,23+;;/m0../s1. The van der Waals surface area contributed by atoms with Gasteiger partial charge in [0.2, 0.25) is 0 Å². The highest BCUT2D eigenvalue weighted by Crippen LogP contribution is 2.46. The number of hydrogen-bond donors (Lipinski definition) is 1. The van der Waals surface area contributed by atoms with E-state index in [1.54, 1.807) is 13.2 Å². The van der Waals surface area contributed by atoms with Gasteiger partial charge in [0.1, 0.15) is 5.75 Å². The molecule has 0 radical (unpaired) electrons. The maximum atomic E-state index is 13.7. The molecule has 0 spiro atoms. The van der Waals surface area contributed by atoms with Gasteiger partial charge in [-0.2, -0.15) is 13.2 Å². The molecule has 2 aromatic rings. The van der Waals surface area contributed by atoms with E-state index in [1.807, 2.05) is 29.3 Å². The Labute approximate surface area is 200 Å². The van der Waals surface area contributed by atoms with Crippen LogP contribution in [0, 0.1) is 5.92 Å². The minimum atomic E-state index is -4.22. The molecule has 2 N–H and O–H groups in total. The van der Waals surface area contributed by atoms with Crippen molar-refractivity contribution in [3.8, 4) is 5.75 Å². The van der Waals surface area contributed by atoms with E-state index in [0.717, 1.165) is 36.1 Å². The largest absolute Gasteiger partial charge is 0.496 e. The van der Waals surface area contributed by atoms with E-state index in [-0.39, 0.29) is 43.2 Å². The zero-order valence-corrected chi connectivity index (χ0v) is 19.7. The first-order valence-electron chi connectivity index (χ1n) is 10.7. The molecular weight excluding hydrogens is 460 g/mol. The third kappa shape index (κ3) is 5.53. The Balaban J connectivity index is 0.00000181. The van der Waals surface area contributed by atoms with Crippen molar-refractivity contribution in [1.82, 2.24) is 5.01 Å². The second-order valence-corrected chi connectivity index (χ2v) is 8.55. The van der Waals surface area contributed by atoms with Crippen molar-refractivity contribution in [1.29, 1.82) is 0 Å². The highest BCUT2D eigenvalue weighted by molar-refractivity contribution is 5.85. The second-order valence-electron chi connectivity index (χ2n) is 8.55. The second kappa shape index (κ2) is 11.1. The molecule has 1 heterocycles. The molecule has 2 aromatic carbocycles. The molecule has 1 aliphatic heterocycles. The fourth-order valence-corrected chi connectivity index (χ4v) is 5.28. The summed E-state index contributed by atoms with van der Waals surface area (Å²) in [5.41, 5.74) is 3.21. The molecule has 4 rings (SSSR count). The third-order valence-electron chi connectivity index (χ3n) is 6.67. The topological polar surface area (TPSA) is 38.5 Å². The monoisotopic (exact) mass is 490 g/mol. The van der Waals surface area contributed by atoms with Gasteiger partial charge in [0.15, 0.2) is 0 Å². The SMILES string of the molecule is COc1cc2c(cc1C[C@@H]1CCCN(N)[C@@H]1c1ccccc1)C(C(F)(F)F)CCC2.Cl.Cl. The Bertz CT molecular complexity index is 880. The predicted molar refractivity (Wildman–Crippen MR) is 126 cm³/mol. The molecule has 0 saturated carbocycles. The van der Waals surface area contributed by atoms with Gasteiger partial charge in [-0.05, 0) is 72.8 Å². The van der Waals surface area contributed by atoms with Crippen LogP contribution < -0.4 is 10.6 Å². The van der Waals surface area contributed by atoms with Gasteiger partial charge in [-0.1, -0.05) is 36.4 Å². The van der Waals surface area contributed by atoms with Gasteiger partial charge in [0.05, 0.1) is 19.1 Å². The Morgan fingerprint density at radius 1 is 1.06 bits per heavy atom. The maximum Gasteiger partial charge on any atom is 0.395 e. The molecule has 0 bridgehead atoms. The van der Waals surface area contributed by atoms with Crippen molar-refractivity contribution < 1.29 is 17.9 Å². The van der Waals surface area contributed by atoms with Gasteiger partial charge >= 0.3 is 6.18 Å². The van der Waals surface area contributed by atoms with Crippen LogP contribution in [0.4, 0.5) is 13.2 Å². The van der Waals surface area contributed by atoms with Gasteiger partial charge in [-0.15, -0.1) is 24.8 Å². The number of ether oxygens (including phenoxy) is 1. The van der Waals surface area contributed by atoms with E-state index in [9.17, 15) is 13.2 Å². The molecule has 1 fully saturated rings. The molecule has 8 heteroatoms. The van der Waals surface area contributed by atoms with Crippen LogP contribution in [0.15, 0.2) is 42.5 Å². The molecule has 178 valence electrons. The molecule has 2 aliphatic rings. The number of alkyl halides is 3. The maximum absolute atomic E-state index is 13.7. The summed E-state index contributed by atoms with van der Waals surface area (Å²) in [6, 6.07) is 13.8. The number of rotatable bonds is 4. The lowest BCUT2D eigenvalue weighted by atomic mass is 9.78. The van der Waals surface area contributed by atoms with Crippen molar-refractivity contribution in [2.24, 2.45) is 11.8 Å². The van der Waals surface area contributed by atoms with E-state index >= 15 is 0 Å². The van der Waals surface area contributed by atoms with Crippen molar-refractivity contribution in [2.45, 2.75) is 56.7 Å². The van der Waals surface area contributed by atoms with Crippen LogP contribution in [-0.4, -0.2) is 24.8 Å². The summed E-state index contributed by atoms with van der Waals surface area (Å²) >= 11 is 0. The smallest absolute Gasteiger partial charge is 0.395 e. The fraction of sp³-hybridized carbons (Fsp3) is 0.500. The number of nitrogens with two attached hydrogens (primary N) is 1. The Hall–Kier alpha value is -1.47. The number of aryl methyl sites for hydroxylation is 1. The van der Waals surface area contributed by atoms with E-state index in [0.29, 0.717) is 30.6 Å². The average molecular weight is 491 g/mol. The van der Waals surface area contributed by atoms with Crippen LogP contribution in [0.1, 0.15) is 59.9 Å². The zero-order valence-electron chi connectivity index (χ0n) is 18.1. The van der Waals surface area contributed by atoms with Crippen molar-refractivity contribution in [3.05, 3.63) is 64.7 Å². The van der Waals surface area contributed by atoms with Crippen molar-refractivity contribution in [2.75, 3.05) is 13.7 Å². The van der Waals surface area contributed by atoms with Gasteiger partial charge in [0, 0.05) is 6.54 Å². The number of benzene rings is 2. The number of fused-ring (bicyclic) bond motifs is 1. The van der Waals surface area contributed by atoms with E-state index in [1.165, 1.54) is 0 Å². The first kappa shape index (κ1) is 26.8. The summed E-state index contributed by atoms with van der Waals surface area (Å²) < 4.78 is 46.6. The zero-order chi connectivity index (χ0) is 21.3. The highest BCUT2D eigenvalue weighted by Gasteiger charge is 2.43. The van der Waals surface area contributed by atoms with Crippen LogP contribution in [0.25, 0.3) is 0 Å². The lowest BCUT2D eigenvalue weighted by Crippen LogP contribution is -2.44. The molecule has 1 saturated heterocycles. The Kier molecular flexibility index (Phi) is 9.29. The van der Waals surface area contributed by atoms with Crippen LogP contribution >= 0.6 is 24.8 Å². The average Bonchev–Trinajstić information content (AvgIpc) is 2.73. The van der Waals surface area contributed by atoms with Crippen molar-refractivity contribution in [3.63, 3.8) is 0 Å². The summed E-state index contributed by atoms with van der Waals surface area (Å²) in [4.78, 5) is 0. The number of hydrogen-bond acceptors (Lipinski definition) is 3. The molecule has 0 amide bonds. The highest BCUT2D eigenvalue weighted by atomic mass is 35.5. The molecule has 1 aliphatic carbocycles. The van der Waals surface area contributed by atoms with Crippen LogP contribution in [0.5, 0.6) is 5.75 Å². The van der Waals surface area contributed by atoms with Crippen LogP contribution in [0.3, 0.4) is 0 Å². The summed E-state index contributed by atoms with van der Waals surface area (Å²) in [6.07, 6.45) is -0.222. The number of methoxy groups -OCH3 is 1. The number of piperidine rings is 1. The normalized spacial score (nSPS) is 23.5. The van der Waals surface area contributed by atoms with Crippen molar-refractivity contribution >= 4 is 24.8 Å². The molecule has 32 heavy (non-hydrogen) atoms. The van der Waals surface area contributed by atoms with Crippen LogP contribution in [-0.2, 0) is 12.8 Å². The molecule has 1 unspecified atom stereocenters. The first-order chi connectivity index (χ1) is 14.4. The molecule has 3 atom stereocenters. The van der Waals surface area contributed by atoms with Gasteiger partial charge < -0.3 is 4.74 Å². The Morgan fingerprint density at radius 2 is 1.78 bits per heavy atom. The number of halogens is 5. The summed E-state index contributed by atoms with van der Waals surface area (Å²) in [6.45, 7) is 0.813. The first-order valence-corrected chi connectivity index (χ1v) is 10.7. The van der Waals surface area contributed by atoms with Gasteiger partial charge in [0.25, 0.3) is 0 Å². The Morgan fingerprint density at radius 3 is 2.44 bits per heavy atom. The molecule has 3 nitrogen and oxygen atoms in total. The lowest BCUT2D eigenvalue weighted by molar-refractivity contribution is -0.153. The van der Waals surface area contributed by atoms with Gasteiger partial charge in [-0.3, -0.25) is 5.84 Å². The molecule has 0 aromatic heterocycles. The summed E-state index contributed by atoms with van der Waals surface area (Å²) in [7, 11) is 1.60.